The van der Waals surface area contributed by atoms with E-state index in [0.29, 0.717) is 0 Å². The van der Waals surface area contributed by atoms with E-state index in [4.69, 9.17) is 5.02 Å². The normalized spacial score (nSPS) is 9.50. The van der Waals surface area contributed by atoms with E-state index < -0.39 is 19.1 Å². The van der Waals surface area contributed by atoms with E-state index in [1.54, 1.807) is 0 Å². The smallest absolute Gasteiger partial charge is 0.311 e. The van der Waals surface area contributed by atoms with Crippen molar-refractivity contribution in [2.45, 2.75) is 0 Å². The molecule has 0 saturated carbocycles. The first-order valence-electron chi connectivity index (χ1n) is 2.79. The van der Waals surface area contributed by atoms with Crippen LogP contribution in [0.1, 0.15) is 0 Å². The van der Waals surface area contributed by atoms with E-state index in [2.05, 4.69) is 0 Å². The minimum absolute atomic E-state index is 0.275. The first kappa shape index (κ1) is 7.21. The second-order valence-electron chi connectivity index (χ2n) is 1.86. The average Bonchev–Trinajstić information content (AvgIpc) is 1.88. The quantitative estimate of drug-likeness (QED) is 0.544. The summed E-state index contributed by atoms with van der Waals surface area (Å²) in [5.74, 6) is -1.41. The van der Waals surface area contributed by atoms with Gasteiger partial charge in [-0.3, -0.25) is 0 Å². The Morgan fingerprint density at radius 1 is 1.20 bits per heavy atom. The number of hydrogen-bond acceptors (Lipinski definition) is 1. The van der Waals surface area contributed by atoms with Gasteiger partial charge < -0.3 is 5.02 Å². The standard InChI is InChI=1S/C6H5BF2O/c8-4-2-1-3-5(9)6(4)7-10/h1-3,7,10H. The van der Waals surface area contributed by atoms with Crippen LogP contribution in [-0.2, 0) is 0 Å². The van der Waals surface area contributed by atoms with Crippen LogP contribution in [-0.4, -0.2) is 12.5 Å². The van der Waals surface area contributed by atoms with E-state index in [1.165, 1.54) is 6.07 Å². The minimum atomic E-state index is -0.706. The Labute approximate surface area is 57.6 Å². The van der Waals surface area contributed by atoms with Crippen molar-refractivity contribution in [2.75, 3.05) is 0 Å². The SMILES string of the molecule is OBc1c(F)cccc1F. The molecule has 1 aromatic rings. The Hall–Kier alpha value is -0.895. The van der Waals surface area contributed by atoms with Crippen LogP contribution in [0.2, 0.25) is 0 Å². The summed E-state index contributed by atoms with van der Waals surface area (Å²) in [6.07, 6.45) is 0. The summed E-state index contributed by atoms with van der Waals surface area (Å²) >= 11 is 0. The highest BCUT2D eigenvalue weighted by Gasteiger charge is 2.06. The molecule has 1 aromatic carbocycles. The van der Waals surface area contributed by atoms with Crippen molar-refractivity contribution in [1.29, 1.82) is 0 Å². The Balaban J connectivity index is 3.17. The fraction of sp³-hybridized carbons (Fsp3) is 0. The van der Waals surface area contributed by atoms with E-state index >= 15 is 0 Å². The zero-order chi connectivity index (χ0) is 7.56. The Morgan fingerprint density at radius 3 is 2.00 bits per heavy atom. The Morgan fingerprint density at radius 2 is 1.70 bits per heavy atom. The second-order valence-corrected chi connectivity index (χ2v) is 1.86. The molecule has 4 heteroatoms. The Kier molecular flexibility index (Phi) is 2.01. The van der Waals surface area contributed by atoms with E-state index in [-0.39, 0.29) is 5.46 Å². The maximum Gasteiger partial charge on any atom is 0.311 e. The molecule has 1 nitrogen and oxygen atoms in total. The highest BCUT2D eigenvalue weighted by molar-refractivity contribution is 6.45. The van der Waals surface area contributed by atoms with Crippen molar-refractivity contribution in [3.63, 3.8) is 0 Å². The monoisotopic (exact) mass is 142 g/mol. The van der Waals surface area contributed by atoms with Crippen molar-refractivity contribution < 1.29 is 13.8 Å². The molecule has 0 saturated heterocycles. The molecule has 10 heavy (non-hydrogen) atoms. The fourth-order valence-corrected chi connectivity index (χ4v) is 0.683. The first-order valence-corrected chi connectivity index (χ1v) is 2.79. The van der Waals surface area contributed by atoms with E-state index in [1.807, 2.05) is 0 Å². The number of hydrogen-bond donors (Lipinski definition) is 1. The van der Waals surface area contributed by atoms with Crippen LogP contribution < -0.4 is 5.46 Å². The van der Waals surface area contributed by atoms with Gasteiger partial charge in [-0.25, -0.2) is 8.78 Å². The van der Waals surface area contributed by atoms with Crippen LogP contribution in [0.15, 0.2) is 18.2 Å². The molecule has 0 unspecified atom stereocenters. The van der Waals surface area contributed by atoms with Gasteiger partial charge in [0.2, 0.25) is 0 Å². The second kappa shape index (κ2) is 2.79. The lowest BCUT2D eigenvalue weighted by molar-refractivity contribution is 0.577. The topological polar surface area (TPSA) is 20.2 Å². The van der Waals surface area contributed by atoms with Gasteiger partial charge in [0, 0.05) is 5.46 Å². The van der Waals surface area contributed by atoms with Gasteiger partial charge in [0.05, 0.1) is 0 Å². The number of benzene rings is 1. The maximum atomic E-state index is 12.5. The maximum absolute atomic E-state index is 12.5. The van der Waals surface area contributed by atoms with Crippen LogP contribution in [0.3, 0.4) is 0 Å². The molecule has 0 aromatic heterocycles. The van der Waals surface area contributed by atoms with Crippen LogP contribution >= 0.6 is 0 Å². The van der Waals surface area contributed by atoms with Gasteiger partial charge in [0.15, 0.2) is 0 Å². The lowest BCUT2D eigenvalue weighted by atomic mass is 9.88. The molecule has 0 atom stereocenters. The lowest BCUT2D eigenvalue weighted by Crippen LogP contribution is -2.21. The molecule has 1 rings (SSSR count). The van der Waals surface area contributed by atoms with Gasteiger partial charge in [-0.2, -0.15) is 0 Å². The molecule has 0 aliphatic heterocycles. The summed E-state index contributed by atoms with van der Waals surface area (Å²) in [6, 6.07) is 3.47. The molecule has 0 spiro atoms. The summed E-state index contributed by atoms with van der Waals surface area (Å²) in [5.41, 5.74) is -0.275. The van der Waals surface area contributed by atoms with Gasteiger partial charge in [0.1, 0.15) is 11.6 Å². The van der Waals surface area contributed by atoms with E-state index in [0.717, 1.165) is 12.1 Å². The molecule has 1 N–H and O–H groups in total. The predicted molar refractivity (Wildman–Crippen MR) is 35.4 cm³/mol. The van der Waals surface area contributed by atoms with Gasteiger partial charge in [-0.15, -0.1) is 0 Å². The molecule has 0 heterocycles. The van der Waals surface area contributed by atoms with Crippen LogP contribution in [0.25, 0.3) is 0 Å². The summed E-state index contributed by atoms with van der Waals surface area (Å²) in [4.78, 5) is 0. The zero-order valence-corrected chi connectivity index (χ0v) is 5.14. The molecule has 0 aliphatic carbocycles. The number of rotatable bonds is 1. The third-order valence-corrected chi connectivity index (χ3v) is 1.22. The van der Waals surface area contributed by atoms with Gasteiger partial charge in [0.25, 0.3) is 0 Å². The molecule has 0 bridgehead atoms. The van der Waals surface area contributed by atoms with Gasteiger partial charge >= 0.3 is 7.48 Å². The minimum Gasteiger partial charge on any atom is -0.449 e. The summed E-state index contributed by atoms with van der Waals surface area (Å²) in [6.45, 7) is 0. The highest BCUT2D eigenvalue weighted by atomic mass is 19.1. The van der Waals surface area contributed by atoms with Crippen molar-refractivity contribution >= 4 is 12.9 Å². The largest absolute Gasteiger partial charge is 0.449 e. The van der Waals surface area contributed by atoms with Crippen LogP contribution in [0.5, 0.6) is 0 Å². The number of halogens is 2. The summed E-state index contributed by atoms with van der Waals surface area (Å²) in [5, 5.41) is 8.42. The van der Waals surface area contributed by atoms with Crippen molar-refractivity contribution in [3.05, 3.63) is 29.8 Å². The van der Waals surface area contributed by atoms with Gasteiger partial charge in [-0.1, -0.05) is 6.07 Å². The lowest BCUT2D eigenvalue weighted by Gasteiger charge is -1.96. The molecule has 0 amide bonds. The van der Waals surface area contributed by atoms with Crippen molar-refractivity contribution in [2.24, 2.45) is 0 Å². The third-order valence-electron chi connectivity index (χ3n) is 1.22. The van der Waals surface area contributed by atoms with Crippen LogP contribution in [0, 0.1) is 11.6 Å². The highest BCUT2D eigenvalue weighted by Crippen LogP contribution is 1.96. The van der Waals surface area contributed by atoms with Crippen molar-refractivity contribution in [3.8, 4) is 0 Å². The summed E-state index contributed by atoms with van der Waals surface area (Å²) in [7, 11) is -0.599. The van der Waals surface area contributed by atoms with E-state index in [9.17, 15) is 8.78 Å². The molecule has 0 radical (unpaired) electrons. The average molecular weight is 142 g/mol. The van der Waals surface area contributed by atoms with Crippen LogP contribution in [0.4, 0.5) is 8.78 Å². The molecular weight excluding hydrogens is 137 g/mol. The molecular formula is C6H5BF2O. The fourth-order valence-electron chi connectivity index (χ4n) is 0.683. The predicted octanol–water partition coefficient (Wildman–Crippen LogP) is -0.0661. The molecule has 0 aliphatic rings. The zero-order valence-electron chi connectivity index (χ0n) is 5.14. The van der Waals surface area contributed by atoms with Gasteiger partial charge in [-0.05, 0) is 12.1 Å². The summed E-state index contributed by atoms with van der Waals surface area (Å²) < 4.78 is 24.9. The first-order chi connectivity index (χ1) is 4.75. The Bertz CT molecular complexity index is 219. The molecule has 52 valence electrons. The third kappa shape index (κ3) is 1.16. The molecule has 0 fully saturated rings. The van der Waals surface area contributed by atoms with Crippen molar-refractivity contribution in [1.82, 2.24) is 0 Å².